The van der Waals surface area contributed by atoms with Gasteiger partial charge in [0, 0.05) is 0 Å². The molecule has 0 radical (unpaired) electrons. The number of hydrogen-bond acceptors (Lipinski definition) is 1. The van der Waals surface area contributed by atoms with E-state index >= 15 is 0 Å². The molecule has 1 aromatic rings. The van der Waals surface area contributed by atoms with Crippen molar-refractivity contribution in [1.29, 1.82) is 0 Å². The lowest BCUT2D eigenvalue weighted by atomic mass is 10.2. The highest BCUT2D eigenvalue weighted by atomic mass is 35.5. The average molecular weight is 233 g/mol. The van der Waals surface area contributed by atoms with Gasteiger partial charge in [0.15, 0.2) is 5.78 Å². The van der Waals surface area contributed by atoms with Crippen molar-refractivity contribution >= 4 is 23.5 Å². The molecule has 0 bridgehead atoms. The maximum absolute atomic E-state index is 10.8. The van der Waals surface area contributed by atoms with Crippen LogP contribution in [0.2, 0.25) is 0 Å². The molecule has 0 N–H and O–H groups in total. The highest BCUT2D eigenvalue weighted by molar-refractivity contribution is 6.29. The first-order valence-electron chi connectivity index (χ1n) is 4.98. The van der Waals surface area contributed by atoms with Crippen LogP contribution in [-0.2, 0) is 4.79 Å². The number of alkyl halides is 1. The minimum absolute atomic E-state index is 0.0319. The van der Waals surface area contributed by atoms with Gasteiger partial charge in [0.05, 0.1) is 5.88 Å². The van der Waals surface area contributed by atoms with Crippen molar-refractivity contribution in [3.8, 4) is 0 Å². The molecular formula is C14H13ClO. The molecule has 1 nitrogen and oxygen atoms in total. The topological polar surface area (TPSA) is 17.1 Å². The van der Waals surface area contributed by atoms with E-state index in [1.165, 1.54) is 6.08 Å². The van der Waals surface area contributed by atoms with Gasteiger partial charge in [-0.05, 0) is 11.6 Å². The van der Waals surface area contributed by atoms with E-state index in [0.29, 0.717) is 0 Å². The molecule has 0 heterocycles. The highest BCUT2D eigenvalue weighted by Crippen LogP contribution is 2.00. The number of rotatable bonds is 5. The lowest BCUT2D eigenvalue weighted by Gasteiger charge is -1.87. The van der Waals surface area contributed by atoms with E-state index in [2.05, 4.69) is 0 Å². The van der Waals surface area contributed by atoms with Crippen LogP contribution in [0.25, 0.3) is 6.08 Å². The molecule has 0 spiro atoms. The predicted molar refractivity (Wildman–Crippen MR) is 69.5 cm³/mol. The third-order valence-corrected chi connectivity index (χ3v) is 2.10. The number of allylic oxidation sites excluding steroid dienone is 5. The third-order valence-electron chi connectivity index (χ3n) is 1.84. The van der Waals surface area contributed by atoms with Crippen molar-refractivity contribution in [3.63, 3.8) is 0 Å². The van der Waals surface area contributed by atoms with E-state index < -0.39 is 0 Å². The molecule has 82 valence electrons. The summed E-state index contributed by atoms with van der Waals surface area (Å²) in [7, 11) is 0. The normalized spacial score (nSPS) is 11.8. The van der Waals surface area contributed by atoms with Gasteiger partial charge < -0.3 is 0 Å². The first-order valence-corrected chi connectivity index (χ1v) is 5.51. The SMILES string of the molecule is O=C(C=CC=CC=Cc1ccccc1)CCl. The number of carbonyl (C=O) groups excluding carboxylic acids is 1. The Bertz CT molecular complexity index is 402. The summed E-state index contributed by atoms with van der Waals surface area (Å²) in [6, 6.07) is 10.0. The number of carbonyl (C=O) groups is 1. The smallest absolute Gasteiger partial charge is 0.170 e. The summed E-state index contributed by atoms with van der Waals surface area (Å²) in [6.07, 6.45) is 10.7. The van der Waals surface area contributed by atoms with Crippen LogP contribution in [0.4, 0.5) is 0 Å². The molecule has 0 aliphatic carbocycles. The summed E-state index contributed by atoms with van der Waals surface area (Å²) in [4.78, 5) is 10.8. The predicted octanol–water partition coefficient (Wildman–Crippen LogP) is 3.62. The molecular weight excluding hydrogens is 220 g/mol. The minimum Gasteiger partial charge on any atom is -0.294 e. The van der Waals surface area contributed by atoms with Gasteiger partial charge in [-0.3, -0.25) is 4.79 Å². The zero-order valence-corrected chi connectivity index (χ0v) is 9.60. The molecule has 0 saturated carbocycles. The van der Waals surface area contributed by atoms with Gasteiger partial charge in [0.2, 0.25) is 0 Å². The van der Waals surface area contributed by atoms with Crippen LogP contribution in [0.1, 0.15) is 5.56 Å². The van der Waals surface area contributed by atoms with E-state index in [1.807, 2.05) is 48.6 Å². The fourth-order valence-corrected chi connectivity index (χ4v) is 1.16. The minimum atomic E-state index is -0.0849. The molecule has 0 fully saturated rings. The molecule has 1 rings (SSSR count). The Hall–Kier alpha value is -1.60. The molecule has 0 atom stereocenters. The molecule has 0 saturated heterocycles. The van der Waals surface area contributed by atoms with Crippen LogP contribution in [0.15, 0.2) is 60.7 Å². The number of ketones is 1. The second-order valence-electron chi connectivity index (χ2n) is 3.11. The summed E-state index contributed by atoms with van der Waals surface area (Å²) in [5.41, 5.74) is 1.15. The largest absolute Gasteiger partial charge is 0.294 e. The van der Waals surface area contributed by atoms with Gasteiger partial charge in [-0.25, -0.2) is 0 Å². The summed E-state index contributed by atoms with van der Waals surface area (Å²) < 4.78 is 0. The molecule has 2 heteroatoms. The maximum Gasteiger partial charge on any atom is 0.170 e. The van der Waals surface area contributed by atoms with E-state index in [4.69, 9.17) is 11.6 Å². The molecule has 1 aromatic carbocycles. The van der Waals surface area contributed by atoms with Gasteiger partial charge in [-0.1, -0.05) is 60.7 Å². The van der Waals surface area contributed by atoms with Gasteiger partial charge >= 0.3 is 0 Å². The second kappa shape index (κ2) is 7.66. The van der Waals surface area contributed by atoms with E-state index in [0.717, 1.165) is 5.56 Å². The van der Waals surface area contributed by atoms with Crippen LogP contribution in [0.3, 0.4) is 0 Å². The van der Waals surface area contributed by atoms with Crippen LogP contribution in [0.5, 0.6) is 0 Å². The lowest BCUT2D eigenvalue weighted by Crippen LogP contribution is -1.90. The Morgan fingerprint density at radius 1 is 1.06 bits per heavy atom. The molecule has 16 heavy (non-hydrogen) atoms. The van der Waals surface area contributed by atoms with E-state index in [-0.39, 0.29) is 11.7 Å². The average Bonchev–Trinajstić information content (AvgIpc) is 2.34. The summed E-state index contributed by atoms with van der Waals surface area (Å²) in [5.74, 6) is -0.0529. The van der Waals surface area contributed by atoms with Crippen molar-refractivity contribution in [2.45, 2.75) is 0 Å². The summed E-state index contributed by atoms with van der Waals surface area (Å²) >= 11 is 5.33. The summed E-state index contributed by atoms with van der Waals surface area (Å²) in [5, 5.41) is 0. The Morgan fingerprint density at radius 2 is 1.75 bits per heavy atom. The zero-order chi connectivity index (χ0) is 11.6. The molecule has 0 aliphatic rings. The molecule has 0 unspecified atom stereocenters. The molecule has 0 aromatic heterocycles. The van der Waals surface area contributed by atoms with Crippen LogP contribution in [0, 0.1) is 0 Å². The van der Waals surface area contributed by atoms with Crippen molar-refractivity contribution in [1.82, 2.24) is 0 Å². The van der Waals surface area contributed by atoms with Gasteiger partial charge in [0.25, 0.3) is 0 Å². The molecule has 0 amide bonds. The quantitative estimate of drug-likeness (QED) is 0.431. The Labute approximate surface area is 101 Å². The lowest BCUT2D eigenvalue weighted by molar-refractivity contribution is -0.112. The Morgan fingerprint density at radius 3 is 2.44 bits per heavy atom. The van der Waals surface area contributed by atoms with E-state index in [9.17, 15) is 4.79 Å². The first kappa shape index (κ1) is 12.5. The van der Waals surface area contributed by atoms with Gasteiger partial charge in [-0.15, -0.1) is 11.6 Å². The third kappa shape index (κ3) is 5.32. The number of halogens is 1. The van der Waals surface area contributed by atoms with Gasteiger partial charge in [-0.2, -0.15) is 0 Å². The van der Waals surface area contributed by atoms with Crippen LogP contribution < -0.4 is 0 Å². The zero-order valence-electron chi connectivity index (χ0n) is 8.84. The van der Waals surface area contributed by atoms with Crippen molar-refractivity contribution in [2.24, 2.45) is 0 Å². The van der Waals surface area contributed by atoms with Crippen molar-refractivity contribution < 1.29 is 4.79 Å². The van der Waals surface area contributed by atoms with Gasteiger partial charge in [0.1, 0.15) is 0 Å². The fraction of sp³-hybridized carbons (Fsp3) is 0.0714. The maximum atomic E-state index is 10.8. The van der Waals surface area contributed by atoms with Crippen molar-refractivity contribution in [2.75, 3.05) is 5.88 Å². The Kier molecular flexibility index (Phi) is 5.97. The summed E-state index contributed by atoms with van der Waals surface area (Å²) in [6.45, 7) is 0. The number of hydrogen-bond donors (Lipinski definition) is 0. The van der Waals surface area contributed by atoms with Crippen LogP contribution in [-0.4, -0.2) is 11.7 Å². The fourth-order valence-electron chi connectivity index (χ4n) is 1.07. The molecule has 0 aliphatic heterocycles. The standard InChI is InChI=1S/C14H13ClO/c15-12-14(16)11-7-2-1-4-8-13-9-5-3-6-10-13/h1-11H,12H2. The first-order chi connectivity index (χ1) is 7.83. The van der Waals surface area contributed by atoms with Crippen molar-refractivity contribution in [3.05, 3.63) is 66.3 Å². The number of benzene rings is 1. The Balaban J connectivity index is 2.40. The second-order valence-corrected chi connectivity index (χ2v) is 3.38. The van der Waals surface area contributed by atoms with E-state index in [1.54, 1.807) is 12.2 Å². The van der Waals surface area contributed by atoms with Crippen LogP contribution >= 0.6 is 11.6 Å². The monoisotopic (exact) mass is 232 g/mol. The highest BCUT2D eigenvalue weighted by Gasteiger charge is 1.87.